The number of para-hydroxylation sites is 1. The normalized spacial score (nSPS) is 15.6. The minimum atomic E-state index is 0. The van der Waals surface area contributed by atoms with Gasteiger partial charge in [-0.15, -0.1) is 24.0 Å². The van der Waals surface area contributed by atoms with Gasteiger partial charge in [0.05, 0.1) is 32.6 Å². The first kappa shape index (κ1) is 25.7. The van der Waals surface area contributed by atoms with Gasteiger partial charge in [0.15, 0.2) is 5.96 Å². The van der Waals surface area contributed by atoms with Crippen LogP contribution < -0.4 is 25.0 Å². The van der Waals surface area contributed by atoms with Crippen molar-refractivity contribution in [1.29, 1.82) is 0 Å². The quantitative estimate of drug-likeness (QED) is 0.241. The zero-order valence-electron chi connectivity index (χ0n) is 19.9. The molecule has 1 atom stereocenters. The average Bonchev–Trinajstić information content (AvgIpc) is 3.53. The predicted molar refractivity (Wildman–Crippen MR) is 147 cm³/mol. The summed E-state index contributed by atoms with van der Waals surface area (Å²) in [5.41, 5.74) is 3.20. The first-order chi connectivity index (χ1) is 16.2. The van der Waals surface area contributed by atoms with E-state index < -0.39 is 0 Å². The first-order valence-electron chi connectivity index (χ1n) is 11.3. The molecule has 1 aliphatic heterocycles. The summed E-state index contributed by atoms with van der Waals surface area (Å²) in [6.45, 7) is 5.28. The highest BCUT2D eigenvalue weighted by atomic mass is 127. The van der Waals surface area contributed by atoms with E-state index in [0.717, 1.165) is 60.5 Å². The van der Waals surface area contributed by atoms with E-state index in [-0.39, 0.29) is 24.0 Å². The van der Waals surface area contributed by atoms with Crippen LogP contribution in [0.5, 0.6) is 11.5 Å². The fraction of sp³-hybridized carbons (Fsp3) is 0.360. The van der Waals surface area contributed by atoms with Gasteiger partial charge in [0.2, 0.25) is 0 Å². The lowest BCUT2D eigenvalue weighted by Crippen LogP contribution is -2.44. The van der Waals surface area contributed by atoms with Gasteiger partial charge in [0.1, 0.15) is 11.5 Å². The second kappa shape index (κ2) is 12.5. The summed E-state index contributed by atoms with van der Waals surface area (Å²) in [6.07, 6.45) is 4.92. The number of halogens is 1. The summed E-state index contributed by atoms with van der Waals surface area (Å²) >= 11 is 0. The van der Waals surface area contributed by atoms with Gasteiger partial charge in [-0.3, -0.25) is 0 Å². The second-order valence-electron chi connectivity index (χ2n) is 7.97. The first-order valence-corrected chi connectivity index (χ1v) is 11.3. The average molecular weight is 576 g/mol. The maximum atomic E-state index is 5.43. The molecule has 34 heavy (non-hydrogen) atoms. The number of hydrogen-bond donors (Lipinski definition) is 2. The van der Waals surface area contributed by atoms with E-state index in [1.54, 1.807) is 14.2 Å². The van der Waals surface area contributed by atoms with Crippen LogP contribution in [0.4, 0.5) is 5.69 Å². The number of benzene rings is 2. The number of nitrogens with one attached hydrogen (secondary N) is 2. The van der Waals surface area contributed by atoms with Crippen molar-refractivity contribution in [2.45, 2.75) is 25.9 Å². The Hall–Kier alpha value is -2.95. The third kappa shape index (κ3) is 6.55. The number of rotatable bonds is 8. The molecule has 8 nitrogen and oxygen atoms in total. The lowest BCUT2D eigenvalue weighted by atomic mass is 10.2. The Bertz CT molecular complexity index is 1050. The van der Waals surface area contributed by atoms with Gasteiger partial charge in [0, 0.05) is 61.3 Å². The van der Waals surface area contributed by atoms with Crippen molar-refractivity contribution in [2.75, 3.05) is 38.8 Å². The number of nitrogens with zero attached hydrogens (tertiary/aromatic N) is 4. The van der Waals surface area contributed by atoms with E-state index in [9.17, 15) is 0 Å². The van der Waals surface area contributed by atoms with Crippen molar-refractivity contribution in [2.24, 2.45) is 4.99 Å². The SMILES string of the molecule is CCNC(=NCc1cnn(-c2ccccc2)c1)NC1CCN(c2cc(OC)cc(OC)c2)C1.I. The molecular formula is C25H33IN6O2. The summed E-state index contributed by atoms with van der Waals surface area (Å²) in [5, 5.41) is 11.4. The molecule has 1 fully saturated rings. The van der Waals surface area contributed by atoms with E-state index in [1.807, 2.05) is 53.5 Å². The maximum Gasteiger partial charge on any atom is 0.191 e. The van der Waals surface area contributed by atoms with Gasteiger partial charge >= 0.3 is 0 Å². The van der Waals surface area contributed by atoms with E-state index in [4.69, 9.17) is 14.5 Å². The van der Waals surface area contributed by atoms with Crippen LogP contribution in [-0.4, -0.2) is 55.6 Å². The molecule has 1 saturated heterocycles. The fourth-order valence-corrected chi connectivity index (χ4v) is 3.93. The molecule has 9 heteroatoms. The molecule has 3 aromatic rings. The molecule has 4 rings (SSSR count). The van der Waals surface area contributed by atoms with Gasteiger partial charge in [0.25, 0.3) is 0 Å². The summed E-state index contributed by atoms with van der Waals surface area (Å²) in [5.74, 6) is 2.42. The van der Waals surface area contributed by atoms with Crippen LogP contribution >= 0.6 is 24.0 Å². The molecule has 2 heterocycles. The Labute approximate surface area is 218 Å². The molecule has 1 unspecified atom stereocenters. The largest absolute Gasteiger partial charge is 0.497 e. The van der Waals surface area contributed by atoms with Crippen LogP contribution in [0.3, 0.4) is 0 Å². The number of hydrogen-bond acceptors (Lipinski definition) is 5. The molecule has 0 aliphatic carbocycles. The van der Waals surface area contributed by atoms with Crippen LogP contribution in [0.15, 0.2) is 65.9 Å². The lowest BCUT2D eigenvalue weighted by Gasteiger charge is -2.21. The molecule has 2 N–H and O–H groups in total. The van der Waals surface area contributed by atoms with Gasteiger partial charge in [-0.2, -0.15) is 5.10 Å². The molecule has 0 spiro atoms. The minimum absolute atomic E-state index is 0. The molecule has 0 bridgehead atoms. The van der Waals surface area contributed by atoms with E-state index >= 15 is 0 Å². The van der Waals surface area contributed by atoms with E-state index in [2.05, 4.69) is 39.7 Å². The molecule has 1 aliphatic rings. The summed E-state index contributed by atoms with van der Waals surface area (Å²) in [6, 6.07) is 16.4. The molecular weight excluding hydrogens is 543 g/mol. The molecule has 182 valence electrons. The smallest absolute Gasteiger partial charge is 0.191 e. The van der Waals surface area contributed by atoms with Crippen molar-refractivity contribution < 1.29 is 9.47 Å². The van der Waals surface area contributed by atoms with Gasteiger partial charge in [-0.1, -0.05) is 18.2 Å². The van der Waals surface area contributed by atoms with Gasteiger partial charge < -0.3 is 25.0 Å². The number of aliphatic imine (C=N–C) groups is 1. The van der Waals surface area contributed by atoms with Crippen LogP contribution in [0.25, 0.3) is 5.69 Å². The maximum absolute atomic E-state index is 5.43. The Balaban J connectivity index is 0.00000324. The van der Waals surface area contributed by atoms with Crippen LogP contribution in [0.1, 0.15) is 18.9 Å². The highest BCUT2D eigenvalue weighted by Gasteiger charge is 2.24. The third-order valence-electron chi connectivity index (χ3n) is 5.65. The second-order valence-corrected chi connectivity index (χ2v) is 7.97. The van der Waals surface area contributed by atoms with E-state index in [0.29, 0.717) is 12.6 Å². The van der Waals surface area contributed by atoms with Crippen LogP contribution in [0, 0.1) is 0 Å². The number of anilines is 1. The number of aromatic nitrogens is 2. The monoisotopic (exact) mass is 576 g/mol. The molecule has 0 amide bonds. The van der Waals surface area contributed by atoms with E-state index in [1.165, 1.54) is 0 Å². The standard InChI is InChI=1S/C25H32N6O2.HI/c1-4-26-25(27-15-19-16-28-31(17-19)21-8-6-5-7-9-21)29-20-10-11-30(18-20)22-12-23(32-2)14-24(13-22)33-3;/h5-9,12-14,16-17,20H,4,10-11,15,18H2,1-3H3,(H2,26,27,29);1H. The zero-order chi connectivity index (χ0) is 23.0. The van der Waals surface area contributed by atoms with Crippen molar-refractivity contribution in [3.63, 3.8) is 0 Å². The predicted octanol–water partition coefficient (Wildman–Crippen LogP) is 3.84. The van der Waals surface area contributed by atoms with Crippen molar-refractivity contribution >= 4 is 35.6 Å². The molecule has 0 radical (unpaired) electrons. The summed E-state index contributed by atoms with van der Waals surface area (Å²) < 4.78 is 12.7. The number of guanidine groups is 1. The third-order valence-corrected chi connectivity index (χ3v) is 5.65. The number of methoxy groups -OCH3 is 2. The lowest BCUT2D eigenvalue weighted by molar-refractivity contribution is 0.394. The fourth-order valence-electron chi connectivity index (χ4n) is 3.93. The minimum Gasteiger partial charge on any atom is -0.497 e. The summed E-state index contributed by atoms with van der Waals surface area (Å²) in [4.78, 5) is 7.13. The van der Waals surface area contributed by atoms with Crippen molar-refractivity contribution in [3.8, 4) is 17.2 Å². The number of ether oxygens (including phenoxy) is 2. The highest BCUT2D eigenvalue weighted by Crippen LogP contribution is 2.30. The van der Waals surface area contributed by atoms with Crippen LogP contribution in [-0.2, 0) is 6.54 Å². The van der Waals surface area contributed by atoms with Gasteiger partial charge in [-0.25, -0.2) is 9.67 Å². The Kier molecular flexibility index (Phi) is 9.43. The Morgan fingerprint density at radius 3 is 2.50 bits per heavy atom. The summed E-state index contributed by atoms with van der Waals surface area (Å²) in [7, 11) is 3.35. The molecule has 2 aromatic carbocycles. The Morgan fingerprint density at radius 1 is 1.09 bits per heavy atom. The zero-order valence-corrected chi connectivity index (χ0v) is 22.2. The Morgan fingerprint density at radius 2 is 1.82 bits per heavy atom. The molecule has 1 aromatic heterocycles. The van der Waals surface area contributed by atoms with Crippen LogP contribution in [0.2, 0.25) is 0 Å². The highest BCUT2D eigenvalue weighted by molar-refractivity contribution is 14.0. The van der Waals surface area contributed by atoms with Crippen molar-refractivity contribution in [3.05, 3.63) is 66.5 Å². The topological polar surface area (TPSA) is 75.9 Å². The van der Waals surface area contributed by atoms with Gasteiger partial charge in [-0.05, 0) is 25.5 Å². The molecule has 0 saturated carbocycles. The van der Waals surface area contributed by atoms with Crippen molar-refractivity contribution in [1.82, 2.24) is 20.4 Å².